The molecule has 7 heteroatoms. The van der Waals surface area contributed by atoms with Crippen molar-refractivity contribution in [2.45, 2.75) is 51.5 Å². The first-order valence-corrected chi connectivity index (χ1v) is 8.09. The number of imidazole rings is 1. The molecular weight excluding hydrogens is 311 g/mol. The molecule has 0 radical (unpaired) electrons. The van der Waals surface area contributed by atoms with Gasteiger partial charge in [0.25, 0.3) is 0 Å². The summed E-state index contributed by atoms with van der Waals surface area (Å²) in [6.07, 6.45) is 8.10. The van der Waals surface area contributed by atoms with Crippen LogP contribution in [0.3, 0.4) is 0 Å². The van der Waals surface area contributed by atoms with Crippen molar-refractivity contribution in [2.24, 2.45) is 0 Å². The SMILES string of the molecule is CCCCCCC(CCO)n1cnc2c(Cl)nc(Cl)nc21. The lowest BCUT2D eigenvalue weighted by molar-refractivity contribution is 0.251. The first-order valence-electron chi connectivity index (χ1n) is 7.33. The lowest BCUT2D eigenvalue weighted by Gasteiger charge is -2.18. The van der Waals surface area contributed by atoms with E-state index in [1.165, 1.54) is 19.3 Å². The van der Waals surface area contributed by atoms with Crippen LogP contribution in [0.15, 0.2) is 6.33 Å². The summed E-state index contributed by atoms with van der Waals surface area (Å²) in [5.41, 5.74) is 1.19. The summed E-state index contributed by atoms with van der Waals surface area (Å²) < 4.78 is 1.96. The number of rotatable bonds is 8. The molecule has 0 aliphatic carbocycles. The van der Waals surface area contributed by atoms with E-state index < -0.39 is 0 Å². The fraction of sp³-hybridized carbons (Fsp3) is 0.643. The van der Waals surface area contributed by atoms with Gasteiger partial charge in [-0.3, -0.25) is 0 Å². The molecule has 0 amide bonds. The van der Waals surface area contributed by atoms with Crippen molar-refractivity contribution in [1.82, 2.24) is 19.5 Å². The zero-order valence-corrected chi connectivity index (χ0v) is 13.6. The van der Waals surface area contributed by atoms with Crippen LogP contribution in [-0.2, 0) is 0 Å². The topological polar surface area (TPSA) is 63.8 Å². The molecular formula is C14H20Cl2N4O. The molecule has 0 spiro atoms. The van der Waals surface area contributed by atoms with Crippen LogP contribution in [0, 0.1) is 0 Å². The second-order valence-corrected chi connectivity index (χ2v) is 5.82. The summed E-state index contributed by atoms with van der Waals surface area (Å²) in [6, 6.07) is 0.152. The zero-order chi connectivity index (χ0) is 15.2. The summed E-state index contributed by atoms with van der Waals surface area (Å²) in [7, 11) is 0. The molecule has 2 heterocycles. The monoisotopic (exact) mass is 330 g/mol. The fourth-order valence-corrected chi connectivity index (χ4v) is 2.92. The second-order valence-electron chi connectivity index (χ2n) is 5.12. The van der Waals surface area contributed by atoms with Crippen LogP contribution >= 0.6 is 23.2 Å². The number of aliphatic hydroxyl groups excluding tert-OH is 1. The maximum absolute atomic E-state index is 9.30. The Labute approximate surface area is 134 Å². The molecule has 21 heavy (non-hydrogen) atoms. The lowest BCUT2D eigenvalue weighted by Crippen LogP contribution is -2.11. The van der Waals surface area contributed by atoms with Crippen LogP contribution in [0.5, 0.6) is 0 Å². The van der Waals surface area contributed by atoms with Gasteiger partial charge < -0.3 is 9.67 Å². The standard InChI is InChI=1S/C14H20Cl2N4O/c1-2-3-4-5-6-10(7-8-21)20-9-17-11-12(15)18-14(16)19-13(11)20/h9-10,21H,2-8H2,1H3. The van der Waals surface area contributed by atoms with Crippen LogP contribution in [0.2, 0.25) is 10.4 Å². The minimum Gasteiger partial charge on any atom is -0.396 e. The van der Waals surface area contributed by atoms with Crippen molar-refractivity contribution in [3.05, 3.63) is 16.8 Å². The van der Waals surface area contributed by atoms with Crippen molar-refractivity contribution in [2.75, 3.05) is 6.61 Å². The highest BCUT2D eigenvalue weighted by atomic mass is 35.5. The molecule has 2 aromatic rings. The molecule has 0 aromatic carbocycles. The maximum Gasteiger partial charge on any atom is 0.225 e. The van der Waals surface area contributed by atoms with Crippen LogP contribution in [-0.4, -0.2) is 31.2 Å². The van der Waals surface area contributed by atoms with Crippen LogP contribution in [0.25, 0.3) is 11.2 Å². The van der Waals surface area contributed by atoms with E-state index in [2.05, 4.69) is 21.9 Å². The largest absolute Gasteiger partial charge is 0.396 e. The highest BCUT2D eigenvalue weighted by Crippen LogP contribution is 2.27. The molecule has 0 bridgehead atoms. The minimum atomic E-state index is 0.114. The van der Waals surface area contributed by atoms with E-state index in [0.29, 0.717) is 17.6 Å². The molecule has 0 aliphatic heterocycles. The number of hydrogen-bond acceptors (Lipinski definition) is 4. The smallest absolute Gasteiger partial charge is 0.225 e. The minimum absolute atomic E-state index is 0.114. The fourth-order valence-electron chi connectivity index (χ4n) is 2.50. The molecule has 2 aromatic heterocycles. The van der Waals surface area contributed by atoms with Crippen LogP contribution in [0.1, 0.15) is 51.5 Å². The lowest BCUT2D eigenvalue weighted by atomic mass is 10.0. The Balaban J connectivity index is 2.23. The molecule has 1 unspecified atom stereocenters. The Kier molecular flexibility index (Phi) is 6.21. The van der Waals surface area contributed by atoms with Crippen molar-refractivity contribution in [1.29, 1.82) is 0 Å². The zero-order valence-electron chi connectivity index (χ0n) is 12.1. The molecule has 1 N–H and O–H groups in total. The van der Waals surface area contributed by atoms with Gasteiger partial charge in [-0.05, 0) is 24.4 Å². The third kappa shape index (κ3) is 4.05. The van der Waals surface area contributed by atoms with Gasteiger partial charge in [0, 0.05) is 12.6 Å². The highest BCUT2D eigenvalue weighted by molar-refractivity contribution is 6.35. The third-order valence-electron chi connectivity index (χ3n) is 3.60. The third-order valence-corrected chi connectivity index (χ3v) is 4.03. The van der Waals surface area contributed by atoms with Gasteiger partial charge in [-0.25, -0.2) is 9.97 Å². The maximum atomic E-state index is 9.30. The van der Waals surface area contributed by atoms with Crippen molar-refractivity contribution in [3.8, 4) is 0 Å². The van der Waals surface area contributed by atoms with E-state index in [-0.39, 0.29) is 23.1 Å². The highest BCUT2D eigenvalue weighted by Gasteiger charge is 2.17. The number of halogens is 2. The summed E-state index contributed by atoms with van der Waals surface area (Å²) in [4.78, 5) is 12.4. The van der Waals surface area contributed by atoms with Crippen molar-refractivity contribution in [3.63, 3.8) is 0 Å². The number of unbranched alkanes of at least 4 members (excludes halogenated alkanes) is 3. The van der Waals surface area contributed by atoms with E-state index in [1.807, 2.05) is 4.57 Å². The molecule has 0 saturated heterocycles. The van der Waals surface area contributed by atoms with Gasteiger partial charge in [0.1, 0.15) is 5.52 Å². The van der Waals surface area contributed by atoms with E-state index in [4.69, 9.17) is 23.2 Å². The van der Waals surface area contributed by atoms with Gasteiger partial charge in [0.05, 0.1) is 6.33 Å². The van der Waals surface area contributed by atoms with Crippen LogP contribution in [0.4, 0.5) is 0 Å². The Morgan fingerprint density at radius 3 is 2.71 bits per heavy atom. The van der Waals surface area contributed by atoms with Gasteiger partial charge in [-0.1, -0.05) is 44.2 Å². The normalized spacial score (nSPS) is 13.0. The van der Waals surface area contributed by atoms with Crippen molar-refractivity contribution < 1.29 is 5.11 Å². The van der Waals surface area contributed by atoms with Gasteiger partial charge in [-0.2, -0.15) is 4.98 Å². The predicted molar refractivity (Wildman–Crippen MR) is 84.8 cm³/mol. The predicted octanol–water partition coefficient (Wildman–Crippen LogP) is 4.03. The molecule has 0 saturated carbocycles. The van der Waals surface area contributed by atoms with E-state index in [1.54, 1.807) is 6.33 Å². The number of nitrogens with zero attached hydrogens (tertiary/aromatic N) is 4. The number of aliphatic hydroxyl groups is 1. The van der Waals surface area contributed by atoms with Gasteiger partial charge in [-0.15, -0.1) is 0 Å². The van der Waals surface area contributed by atoms with Crippen LogP contribution < -0.4 is 0 Å². The molecule has 116 valence electrons. The van der Waals surface area contributed by atoms with Gasteiger partial charge >= 0.3 is 0 Å². The van der Waals surface area contributed by atoms with Gasteiger partial charge in [0.15, 0.2) is 10.8 Å². The summed E-state index contributed by atoms with van der Waals surface area (Å²) in [5.74, 6) is 0. The summed E-state index contributed by atoms with van der Waals surface area (Å²) in [6.45, 7) is 2.32. The van der Waals surface area contributed by atoms with E-state index in [0.717, 1.165) is 12.8 Å². The summed E-state index contributed by atoms with van der Waals surface area (Å²) >= 11 is 11.9. The molecule has 5 nitrogen and oxygen atoms in total. The van der Waals surface area contributed by atoms with Crippen molar-refractivity contribution >= 4 is 34.4 Å². The quantitative estimate of drug-likeness (QED) is 0.451. The number of fused-ring (bicyclic) bond motifs is 1. The van der Waals surface area contributed by atoms with Gasteiger partial charge in [0.2, 0.25) is 5.28 Å². The molecule has 2 rings (SSSR count). The summed E-state index contributed by atoms with van der Waals surface area (Å²) in [5, 5.41) is 9.68. The molecule has 1 atom stereocenters. The average Bonchev–Trinajstić information content (AvgIpc) is 2.86. The molecule has 0 fully saturated rings. The average molecular weight is 331 g/mol. The Morgan fingerprint density at radius 2 is 2.00 bits per heavy atom. The second kappa shape index (κ2) is 7.92. The van der Waals surface area contributed by atoms with E-state index >= 15 is 0 Å². The molecule has 0 aliphatic rings. The van der Waals surface area contributed by atoms with E-state index in [9.17, 15) is 5.11 Å². The Hall–Kier alpha value is -0.910. The number of hydrogen-bond donors (Lipinski definition) is 1. The Morgan fingerprint density at radius 1 is 1.19 bits per heavy atom. The first-order chi connectivity index (χ1) is 10.2. The number of aromatic nitrogens is 4. The Bertz CT molecular complexity index is 588. The first kappa shape index (κ1) is 16.5.